The van der Waals surface area contributed by atoms with Gasteiger partial charge in [0.1, 0.15) is 18.0 Å². The molecule has 0 heterocycles. The molecular formula is C24H26N2O4S. The highest BCUT2D eigenvalue weighted by molar-refractivity contribution is 7.92. The lowest BCUT2D eigenvalue weighted by molar-refractivity contribution is -0.119. The maximum Gasteiger partial charge on any atom is 0.240 e. The Balaban J connectivity index is 1.64. The van der Waals surface area contributed by atoms with Crippen LogP contribution in [0.2, 0.25) is 0 Å². The molecule has 31 heavy (non-hydrogen) atoms. The Bertz CT molecular complexity index is 1090. The molecule has 0 fully saturated rings. The van der Waals surface area contributed by atoms with Crippen molar-refractivity contribution in [1.82, 2.24) is 5.32 Å². The average molecular weight is 439 g/mol. The third kappa shape index (κ3) is 6.58. The molecule has 7 heteroatoms. The lowest BCUT2D eigenvalue weighted by Gasteiger charge is -2.22. The number of carbonyl (C=O) groups is 1. The van der Waals surface area contributed by atoms with Crippen molar-refractivity contribution in [2.45, 2.75) is 12.8 Å². The lowest BCUT2D eigenvalue weighted by atomic mass is 10.0. The van der Waals surface area contributed by atoms with Crippen molar-refractivity contribution in [2.24, 2.45) is 0 Å². The van der Waals surface area contributed by atoms with Crippen LogP contribution in [0.15, 0.2) is 84.9 Å². The smallest absolute Gasteiger partial charge is 0.240 e. The Morgan fingerprint density at radius 2 is 1.45 bits per heavy atom. The molecule has 0 aliphatic carbocycles. The summed E-state index contributed by atoms with van der Waals surface area (Å²) in [5, 5.41) is 2.83. The van der Waals surface area contributed by atoms with Crippen molar-refractivity contribution in [3.63, 3.8) is 0 Å². The summed E-state index contributed by atoms with van der Waals surface area (Å²) in [6, 6.07) is 25.7. The van der Waals surface area contributed by atoms with Gasteiger partial charge in [0.2, 0.25) is 15.9 Å². The van der Waals surface area contributed by atoms with Crippen molar-refractivity contribution in [3.8, 4) is 11.5 Å². The molecule has 0 radical (unpaired) electrons. The second-order valence-corrected chi connectivity index (χ2v) is 9.20. The van der Waals surface area contributed by atoms with E-state index in [0.717, 1.165) is 16.1 Å². The van der Waals surface area contributed by atoms with E-state index in [9.17, 15) is 13.2 Å². The largest absolute Gasteiger partial charge is 0.457 e. The molecule has 0 aliphatic heterocycles. The number of anilines is 1. The molecular weight excluding hydrogens is 412 g/mol. The number of benzene rings is 3. The predicted molar refractivity (Wildman–Crippen MR) is 123 cm³/mol. The highest BCUT2D eigenvalue weighted by Crippen LogP contribution is 2.25. The van der Waals surface area contributed by atoms with Crippen LogP contribution in [0.4, 0.5) is 5.69 Å². The molecule has 0 saturated heterocycles. The minimum absolute atomic E-state index is 0.117. The first-order valence-corrected chi connectivity index (χ1v) is 11.8. The normalized spacial score (nSPS) is 12.1. The summed E-state index contributed by atoms with van der Waals surface area (Å²) in [5.41, 5.74) is 1.51. The molecule has 3 rings (SSSR count). The Hall–Kier alpha value is -3.32. The molecule has 3 aromatic rings. The number of hydrogen-bond acceptors (Lipinski definition) is 4. The van der Waals surface area contributed by atoms with Crippen molar-refractivity contribution >= 4 is 21.6 Å². The van der Waals surface area contributed by atoms with Crippen molar-refractivity contribution < 1.29 is 17.9 Å². The van der Waals surface area contributed by atoms with Gasteiger partial charge in [0, 0.05) is 6.54 Å². The molecule has 0 aliphatic rings. The maximum absolute atomic E-state index is 12.5. The zero-order valence-electron chi connectivity index (χ0n) is 17.6. The topological polar surface area (TPSA) is 75.7 Å². The number of ether oxygens (including phenoxy) is 1. The highest BCUT2D eigenvalue weighted by atomic mass is 32.2. The van der Waals surface area contributed by atoms with Gasteiger partial charge in [-0.25, -0.2) is 8.42 Å². The van der Waals surface area contributed by atoms with E-state index in [-0.39, 0.29) is 18.4 Å². The van der Waals surface area contributed by atoms with E-state index in [1.165, 1.54) is 0 Å². The van der Waals surface area contributed by atoms with Crippen LogP contribution in [0.3, 0.4) is 0 Å². The molecule has 0 bridgehead atoms. The first kappa shape index (κ1) is 22.4. The van der Waals surface area contributed by atoms with Gasteiger partial charge in [-0.1, -0.05) is 55.5 Å². The van der Waals surface area contributed by atoms with Crippen LogP contribution in [0, 0.1) is 0 Å². The summed E-state index contributed by atoms with van der Waals surface area (Å²) in [6.45, 7) is 2.14. The molecule has 6 nitrogen and oxygen atoms in total. The van der Waals surface area contributed by atoms with Crippen LogP contribution in [0.5, 0.6) is 11.5 Å². The van der Waals surface area contributed by atoms with Crippen LogP contribution in [-0.4, -0.2) is 33.7 Å². The van der Waals surface area contributed by atoms with Crippen molar-refractivity contribution in [3.05, 3.63) is 90.5 Å². The summed E-state index contributed by atoms with van der Waals surface area (Å²) in [4.78, 5) is 12.5. The van der Waals surface area contributed by atoms with E-state index < -0.39 is 10.0 Å². The van der Waals surface area contributed by atoms with Crippen LogP contribution in [0.25, 0.3) is 0 Å². The number of nitrogens with one attached hydrogen (secondary N) is 1. The van der Waals surface area contributed by atoms with Crippen LogP contribution in [-0.2, 0) is 14.8 Å². The second kappa shape index (κ2) is 10.1. The van der Waals surface area contributed by atoms with Gasteiger partial charge < -0.3 is 10.1 Å². The quantitative estimate of drug-likeness (QED) is 0.544. The van der Waals surface area contributed by atoms with Gasteiger partial charge in [-0.15, -0.1) is 0 Å². The van der Waals surface area contributed by atoms with Crippen molar-refractivity contribution in [1.29, 1.82) is 0 Å². The van der Waals surface area contributed by atoms with Gasteiger partial charge in [-0.2, -0.15) is 0 Å². The number of sulfonamides is 1. The van der Waals surface area contributed by atoms with E-state index in [1.54, 1.807) is 24.3 Å². The van der Waals surface area contributed by atoms with E-state index in [2.05, 4.69) is 5.32 Å². The monoisotopic (exact) mass is 438 g/mol. The zero-order chi connectivity index (χ0) is 22.3. The average Bonchev–Trinajstić information content (AvgIpc) is 2.77. The fraction of sp³-hybridized carbons (Fsp3) is 0.208. The number of para-hydroxylation sites is 1. The first-order chi connectivity index (χ1) is 14.8. The van der Waals surface area contributed by atoms with E-state index in [4.69, 9.17) is 4.74 Å². The number of nitrogens with zero attached hydrogens (tertiary/aromatic N) is 1. The van der Waals surface area contributed by atoms with Gasteiger partial charge in [0.15, 0.2) is 0 Å². The molecule has 3 aromatic carbocycles. The van der Waals surface area contributed by atoms with Gasteiger partial charge in [-0.3, -0.25) is 9.10 Å². The molecule has 0 aromatic heterocycles. The summed E-state index contributed by atoms with van der Waals surface area (Å²) in [6.07, 6.45) is 1.08. The Morgan fingerprint density at radius 1 is 0.903 bits per heavy atom. The second-order valence-electron chi connectivity index (χ2n) is 7.29. The fourth-order valence-electron chi connectivity index (χ4n) is 3.06. The van der Waals surface area contributed by atoms with Crippen LogP contribution >= 0.6 is 0 Å². The maximum atomic E-state index is 12.5. The van der Waals surface area contributed by atoms with E-state index in [0.29, 0.717) is 23.7 Å². The fourth-order valence-corrected chi connectivity index (χ4v) is 3.91. The predicted octanol–water partition coefficient (Wildman–Crippen LogP) is 4.16. The third-order valence-corrected chi connectivity index (χ3v) is 5.91. The Morgan fingerprint density at radius 3 is 2.03 bits per heavy atom. The van der Waals surface area contributed by atoms with Gasteiger partial charge in [0.25, 0.3) is 0 Å². The Kier molecular flexibility index (Phi) is 7.31. The zero-order valence-corrected chi connectivity index (χ0v) is 18.4. The van der Waals surface area contributed by atoms with E-state index in [1.807, 2.05) is 67.6 Å². The first-order valence-electron chi connectivity index (χ1n) is 9.95. The lowest BCUT2D eigenvalue weighted by Crippen LogP contribution is -2.41. The molecule has 1 amide bonds. The van der Waals surface area contributed by atoms with Crippen LogP contribution < -0.4 is 14.4 Å². The minimum Gasteiger partial charge on any atom is -0.457 e. The van der Waals surface area contributed by atoms with Crippen LogP contribution in [0.1, 0.15) is 18.4 Å². The molecule has 0 saturated carbocycles. The third-order valence-electron chi connectivity index (χ3n) is 4.77. The molecule has 1 atom stereocenters. The van der Waals surface area contributed by atoms with Gasteiger partial charge in [0.05, 0.1) is 11.9 Å². The summed E-state index contributed by atoms with van der Waals surface area (Å²) in [7, 11) is -3.64. The number of amides is 1. The van der Waals surface area contributed by atoms with Gasteiger partial charge >= 0.3 is 0 Å². The summed E-state index contributed by atoms with van der Waals surface area (Å²) in [5.74, 6) is 1.01. The van der Waals surface area contributed by atoms with E-state index >= 15 is 0 Å². The number of rotatable bonds is 9. The highest BCUT2D eigenvalue weighted by Gasteiger charge is 2.21. The SMILES string of the molecule is C[C@@H](CNC(=O)CN(c1ccc(Oc2ccccc2)cc1)S(C)(=O)=O)c1ccccc1. The Labute approximate surface area is 183 Å². The van der Waals surface area contributed by atoms with Gasteiger partial charge in [-0.05, 0) is 47.9 Å². The molecule has 162 valence electrons. The molecule has 0 spiro atoms. The number of hydrogen-bond donors (Lipinski definition) is 1. The molecule has 0 unspecified atom stereocenters. The minimum atomic E-state index is -3.64. The van der Waals surface area contributed by atoms with Crippen molar-refractivity contribution in [2.75, 3.05) is 23.7 Å². The summed E-state index contributed by atoms with van der Waals surface area (Å²) < 4.78 is 31.5. The standard InChI is InChI=1S/C24H26N2O4S/c1-19(20-9-5-3-6-10-20)17-25-24(27)18-26(31(2,28)29)21-13-15-23(16-14-21)30-22-11-7-4-8-12-22/h3-16,19H,17-18H2,1-2H3,(H,25,27)/t19-/m0/s1. The number of carbonyl (C=O) groups excluding carboxylic acids is 1. The summed E-state index contributed by atoms with van der Waals surface area (Å²) >= 11 is 0. The molecule has 1 N–H and O–H groups in total.